The van der Waals surface area contributed by atoms with Crippen molar-refractivity contribution >= 4 is 44.8 Å². The Hall–Kier alpha value is -2.58. The normalized spacial score (nSPS) is 16.0. The third-order valence-corrected chi connectivity index (χ3v) is 9.47. The van der Waals surface area contributed by atoms with Crippen LogP contribution in [-0.2, 0) is 35.4 Å². The predicted molar refractivity (Wildman–Crippen MR) is 182 cm³/mol. The number of thiazole rings is 1. The van der Waals surface area contributed by atoms with E-state index in [1.165, 1.54) is 11.3 Å². The van der Waals surface area contributed by atoms with Gasteiger partial charge in [0, 0.05) is 42.1 Å². The fourth-order valence-corrected chi connectivity index (χ4v) is 6.58. The highest BCUT2D eigenvalue weighted by atomic mass is 32.2. The first-order valence-corrected chi connectivity index (χ1v) is 19.1. The molecule has 0 unspecified atom stereocenters. The molecule has 0 aromatic carbocycles. The maximum atomic E-state index is 13.5. The van der Waals surface area contributed by atoms with Gasteiger partial charge in [-0.3, -0.25) is 19.2 Å². The summed E-state index contributed by atoms with van der Waals surface area (Å²) < 4.78 is 24.5. The molecule has 0 spiro atoms. The van der Waals surface area contributed by atoms with Crippen LogP contribution in [0.3, 0.4) is 0 Å². The molecule has 1 heterocycles. The lowest BCUT2D eigenvalue weighted by atomic mass is 9.91. The molecule has 0 aliphatic carbocycles. The summed E-state index contributed by atoms with van der Waals surface area (Å²) in [6.07, 6.45) is 0.974. The van der Waals surface area contributed by atoms with E-state index in [2.05, 4.69) is 26.3 Å². The van der Waals surface area contributed by atoms with Gasteiger partial charge in [-0.05, 0) is 43.9 Å². The Balaban J connectivity index is 3.05. The zero-order chi connectivity index (χ0) is 35.4. The Kier molecular flexibility index (Phi) is 17.4. The van der Waals surface area contributed by atoms with Crippen LogP contribution in [0, 0.1) is 36.5 Å². The van der Waals surface area contributed by atoms with Gasteiger partial charge in [0.2, 0.25) is 23.6 Å². The molecule has 0 bridgehead atoms. The molecule has 0 fully saturated rings. The largest absolute Gasteiger partial charge is 0.391 e. The van der Waals surface area contributed by atoms with Crippen LogP contribution in [0.5, 0.6) is 0 Å². The maximum absolute atomic E-state index is 13.5. The Morgan fingerprint density at radius 2 is 1.52 bits per heavy atom. The monoisotopic (exact) mass is 687 g/mol. The van der Waals surface area contributed by atoms with E-state index in [0.29, 0.717) is 25.8 Å². The molecule has 5 N–H and O–H groups in total. The fraction of sp³-hybridized carbons (Fsp3) is 0.781. The number of rotatable bonds is 20. The SMILES string of the molecule is CC[C@@H](Cc1nc(C)cs1)C(=O)N[C@@H](CS(C)(=O)=O)C(=O)N[C@H](CC(C)C)[C@@H](O)C[C@@H](C)C(=O)N[C@@H](C(=O)NCC(C)C)C(C)C. The summed E-state index contributed by atoms with van der Waals surface area (Å²) in [4.78, 5) is 57.0. The summed E-state index contributed by atoms with van der Waals surface area (Å²) in [7, 11) is -3.68. The quantitative estimate of drug-likeness (QED) is 0.138. The number of hydrogen-bond acceptors (Lipinski definition) is 9. The van der Waals surface area contributed by atoms with Gasteiger partial charge in [0.1, 0.15) is 21.9 Å². The highest BCUT2D eigenvalue weighted by Crippen LogP contribution is 2.19. The summed E-state index contributed by atoms with van der Waals surface area (Å²) in [5.74, 6) is -3.59. The van der Waals surface area contributed by atoms with Gasteiger partial charge in [-0.2, -0.15) is 0 Å². The third kappa shape index (κ3) is 15.3. The summed E-state index contributed by atoms with van der Waals surface area (Å²) in [6.45, 7) is 17.3. The van der Waals surface area contributed by atoms with Gasteiger partial charge >= 0.3 is 0 Å². The number of hydrogen-bond donors (Lipinski definition) is 5. The summed E-state index contributed by atoms with van der Waals surface area (Å²) in [6, 6.07) is -2.95. The van der Waals surface area contributed by atoms with Gasteiger partial charge in [-0.25, -0.2) is 13.4 Å². The maximum Gasteiger partial charge on any atom is 0.243 e. The van der Waals surface area contributed by atoms with Crippen molar-refractivity contribution in [2.75, 3.05) is 18.6 Å². The first-order valence-electron chi connectivity index (χ1n) is 16.2. The van der Waals surface area contributed by atoms with Gasteiger partial charge in [-0.15, -0.1) is 11.3 Å². The van der Waals surface area contributed by atoms with E-state index < -0.39 is 69.4 Å². The minimum absolute atomic E-state index is 0.0177. The summed E-state index contributed by atoms with van der Waals surface area (Å²) in [5.41, 5.74) is 0.845. The van der Waals surface area contributed by atoms with Gasteiger partial charge in [-0.1, -0.05) is 55.4 Å². The van der Waals surface area contributed by atoms with Crippen molar-refractivity contribution in [3.63, 3.8) is 0 Å². The second-order valence-electron chi connectivity index (χ2n) is 13.7. The predicted octanol–water partition coefficient (Wildman–Crippen LogP) is 2.38. The molecular weight excluding hydrogens is 631 g/mol. The van der Waals surface area contributed by atoms with Crippen LogP contribution in [-0.4, -0.2) is 84.9 Å². The van der Waals surface area contributed by atoms with Crippen molar-refractivity contribution in [3.8, 4) is 0 Å². The second kappa shape index (κ2) is 19.3. The molecule has 0 aliphatic heterocycles. The van der Waals surface area contributed by atoms with E-state index in [9.17, 15) is 32.7 Å². The van der Waals surface area contributed by atoms with Crippen LogP contribution in [0.4, 0.5) is 0 Å². The topological polar surface area (TPSA) is 184 Å². The number of carbonyl (C=O) groups excluding carboxylic acids is 4. The average molecular weight is 688 g/mol. The van der Waals surface area contributed by atoms with Gasteiger partial charge < -0.3 is 26.4 Å². The van der Waals surface area contributed by atoms with Crippen LogP contribution in [0.1, 0.15) is 85.4 Å². The molecule has 14 heteroatoms. The highest BCUT2D eigenvalue weighted by Gasteiger charge is 2.33. The second-order valence-corrected chi connectivity index (χ2v) is 16.8. The van der Waals surface area contributed by atoms with Gasteiger partial charge in [0.05, 0.1) is 22.9 Å². The minimum Gasteiger partial charge on any atom is -0.391 e. The Labute approximate surface area is 279 Å². The number of sulfone groups is 1. The van der Waals surface area contributed by atoms with Crippen molar-refractivity contribution in [1.82, 2.24) is 26.3 Å². The number of aliphatic hydroxyl groups excluding tert-OH is 1. The molecular formula is C32H57N5O7S2. The van der Waals surface area contributed by atoms with Crippen molar-refractivity contribution in [3.05, 3.63) is 16.1 Å². The first-order chi connectivity index (χ1) is 21.2. The van der Waals surface area contributed by atoms with E-state index in [1.807, 2.05) is 60.8 Å². The standard InChI is InChI=1S/C32H57N5O7S2/c1-11-23(14-27-34-22(9)16-45-27)30(40)36-25(17-46(10,43)44)31(41)35-24(12-18(2)3)26(38)13-21(8)29(39)37-28(20(6)7)32(42)33-15-19(4)5/h16,18-21,23-26,28,38H,11-15,17H2,1-10H3,(H,33,42)(H,35,41)(H,36,40)(H,37,39)/t21-,23+,24-,25+,26+,28-/m1/s1. The molecule has 1 rings (SSSR count). The summed E-state index contributed by atoms with van der Waals surface area (Å²) in [5, 5.41) is 24.9. The third-order valence-electron chi connectivity index (χ3n) is 7.55. The average Bonchev–Trinajstić information content (AvgIpc) is 3.35. The number of carbonyl (C=O) groups is 4. The van der Waals surface area contributed by atoms with E-state index in [0.717, 1.165) is 17.0 Å². The van der Waals surface area contributed by atoms with Crippen LogP contribution < -0.4 is 21.3 Å². The number of nitrogens with zero attached hydrogens (tertiary/aromatic N) is 1. The van der Waals surface area contributed by atoms with E-state index in [4.69, 9.17) is 0 Å². The molecule has 264 valence electrons. The lowest BCUT2D eigenvalue weighted by molar-refractivity contribution is -0.133. The lowest BCUT2D eigenvalue weighted by Gasteiger charge is -2.30. The molecule has 0 radical (unpaired) electrons. The van der Waals surface area contributed by atoms with E-state index in [1.54, 1.807) is 6.92 Å². The van der Waals surface area contributed by atoms with Crippen LogP contribution in [0.25, 0.3) is 0 Å². The van der Waals surface area contributed by atoms with Crippen molar-refractivity contribution in [1.29, 1.82) is 0 Å². The Morgan fingerprint density at radius 3 is 2.00 bits per heavy atom. The number of aliphatic hydroxyl groups is 1. The molecule has 46 heavy (non-hydrogen) atoms. The molecule has 1 aromatic heterocycles. The Morgan fingerprint density at radius 1 is 0.891 bits per heavy atom. The lowest BCUT2D eigenvalue weighted by Crippen LogP contribution is -2.56. The highest BCUT2D eigenvalue weighted by molar-refractivity contribution is 7.90. The zero-order valence-electron chi connectivity index (χ0n) is 29.2. The molecule has 1 aromatic rings. The van der Waals surface area contributed by atoms with E-state index >= 15 is 0 Å². The van der Waals surface area contributed by atoms with Crippen LogP contribution in [0.15, 0.2) is 5.38 Å². The van der Waals surface area contributed by atoms with Gasteiger partial charge in [0.15, 0.2) is 0 Å². The van der Waals surface area contributed by atoms with Crippen molar-refractivity contribution < 1.29 is 32.7 Å². The van der Waals surface area contributed by atoms with Gasteiger partial charge in [0.25, 0.3) is 0 Å². The zero-order valence-corrected chi connectivity index (χ0v) is 30.8. The fourth-order valence-electron chi connectivity index (χ4n) is 4.89. The number of amides is 4. The number of aryl methyl sites for hydroxylation is 1. The number of aromatic nitrogens is 1. The molecule has 12 nitrogen and oxygen atoms in total. The molecule has 0 saturated carbocycles. The van der Waals surface area contributed by atoms with Crippen molar-refractivity contribution in [2.24, 2.45) is 29.6 Å². The number of nitrogens with one attached hydrogen (secondary N) is 4. The molecule has 0 aliphatic rings. The van der Waals surface area contributed by atoms with Crippen LogP contribution in [0.2, 0.25) is 0 Å². The molecule has 6 atom stereocenters. The smallest absolute Gasteiger partial charge is 0.243 e. The van der Waals surface area contributed by atoms with Crippen LogP contribution >= 0.6 is 11.3 Å². The minimum atomic E-state index is -3.68. The molecule has 0 saturated heterocycles. The first kappa shape index (κ1) is 41.4. The van der Waals surface area contributed by atoms with Crippen molar-refractivity contribution in [2.45, 2.75) is 112 Å². The Bertz CT molecular complexity index is 1250. The molecule has 4 amide bonds. The summed E-state index contributed by atoms with van der Waals surface area (Å²) >= 11 is 1.44. The van der Waals surface area contributed by atoms with E-state index in [-0.39, 0.29) is 30.1 Å².